The van der Waals surface area contributed by atoms with Crippen molar-refractivity contribution in [3.63, 3.8) is 0 Å². The van der Waals surface area contributed by atoms with Gasteiger partial charge in [-0.15, -0.1) is 0 Å². The molecule has 42 heavy (non-hydrogen) atoms. The Bertz CT molecular complexity index is 1590. The summed E-state index contributed by atoms with van der Waals surface area (Å²) in [4.78, 5) is 57.1. The molecule has 0 radical (unpaired) electrons. The molecule has 0 saturated carbocycles. The molecule has 2 heterocycles. The third kappa shape index (κ3) is 5.54. The van der Waals surface area contributed by atoms with Crippen LogP contribution >= 0.6 is 0 Å². The number of anilines is 2. The normalized spacial score (nSPS) is 16.9. The number of fused-ring (bicyclic) bond motifs is 3. The molecule has 0 bridgehead atoms. The van der Waals surface area contributed by atoms with Crippen LogP contribution in [0.5, 0.6) is 0 Å². The molecule has 4 amide bonds. The lowest BCUT2D eigenvalue weighted by Crippen LogP contribution is -2.45. The van der Waals surface area contributed by atoms with E-state index >= 15 is 0 Å². The van der Waals surface area contributed by atoms with Crippen molar-refractivity contribution in [3.05, 3.63) is 88.6 Å². The number of amides is 4. The van der Waals surface area contributed by atoms with Gasteiger partial charge in [-0.05, 0) is 67.1 Å². The summed E-state index contributed by atoms with van der Waals surface area (Å²) in [5, 5.41) is 15.0. The quantitative estimate of drug-likeness (QED) is 0.375. The van der Waals surface area contributed by atoms with E-state index in [-0.39, 0.29) is 19.0 Å². The number of nitrogens with zero attached hydrogens (tertiary/aromatic N) is 3. The molecule has 1 atom stereocenters. The van der Waals surface area contributed by atoms with Crippen molar-refractivity contribution in [1.82, 2.24) is 14.8 Å². The predicted octanol–water partition coefficient (Wildman–Crippen LogP) is 3.90. The van der Waals surface area contributed by atoms with Gasteiger partial charge in [0.25, 0.3) is 5.91 Å². The molecule has 3 N–H and O–H groups in total. The molecule has 2 aliphatic rings. The summed E-state index contributed by atoms with van der Waals surface area (Å²) in [6.07, 6.45) is 1.50. The summed E-state index contributed by atoms with van der Waals surface area (Å²) in [5.74, 6) is -0.917. The smallest absolute Gasteiger partial charge is 0.407 e. The fraction of sp³-hybridized carbons (Fsp3) is 0.323. The summed E-state index contributed by atoms with van der Waals surface area (Å²) in [6, 6.07) is 16.1. The van der Waals surface area contributed by atoms with Gasteiger partial charge in [-0.1, -0.05) is 36.4 Å². The monoisotopic (exact) mass is 573 g/mol. The Morgan fingerprint density at radius 1 is 1.05 bits per heavy atom. The second-order valence-corrected chi connectivity index (χ2v) is 11.4. The van der Waals surface area contributed by atoms with E-state index < -0.39 is 35.5 Å². The van der Waals surface area contributed by atoms with Crippen molar-refractivity contribution in [1.29, 1.82) is 0 Å². The van der Waals surface area contributed by atoms with Gasteiger partial charge in [-0.25, -0.2) is 14.2 Å². The number of aromatic nitrogens is 1. The Labute approximate surface area is 242 Å². The fourth-order valence-electron chi connectivity index (χ4n) is 5.69. The van der Waals surface area contributed by atoms with Crippen LogP contribution in [0.3, 0.4) is 0 Å². The molecule has 1 aromatic heterocycles. The fourth-order valence-corrected chi connectivity index (χ4v) is 5.69. The maximum absolute atomic E-state index is 14.8. The summed E-state index contributed by atoms with van der Waals surface area (Å²) in [7, 11) is 1.42. The zero-order valence-electron chi connectivity index (χ0n) is 23.6. The minimum Gasteiger partial charge on any atom is -0.465 e. The first kappa shape index (κ1) is 28.7. The van der Waals surface area contributed by atoms with Crippen LogP contribution in [0.15, 0.2) is 60.8 Å². The molecule has 2 aromatic carbocycles. The largest absolute Gasteiger partial charge is 0.465 e. The van der Waals surface area contributed by atoms with E-state index in [1.165, 1.54) is 7.05 Å². The van der Waals surface area contributed by atoms with Gasteiger partial charge >= 0.3 is 6.09 Å². The van der Waals surface area contributed by atoms with Gasteiger partial charge in [0.15, 0.2) is 5.67 Å². The topological polar surface area (TPSA) is 132 Å². The van der Waals surface area contributed by atoms with Crippen molar-refractivity contribution in [2.45, 2.75) is 50.9 Å². The molecule has 1 aliphatic heterocycles. The van der Waals surface area contributed by atoms with Crippen LogP contribution in [-0.2, 0) is 45.7 Å². The maximum atomic E-state index is 14.8. The third-order valence-corrected chi connectivity index (χ3v) is 7.81. The van der Waals surface area contributed by atoms with Gasteiger partial charge in [0.2, 0.25) is 11.8 Å². The number of nitrogens with one attached hydrogen (secondary N) is 2. The van der Waals surface area contributed by atoms with E-state index in [1.807, 2.05) is 24.3 Å². The minimum absolute atomic E-state index is 0.0634. The van der Waals surface area contributed by atoms with Crippen LogP contribution in [0.4, 0.5) is 20.7 Å². The Balaban J connectivity index is 1.32. The molecular weight excluding hydrogens is 541 g/mol. The molecule has 11 heteroatoms. The van der Waals surface area contributed by atoms with E-state index in [2.05, 4.69) is 15.6 Å². The SMILES string of the molecule is CN(Cc1ccccc1CN(CC(=O)Nc1ccc2c(c1)CC1(C2)C(=O)Nc2ncccc21)C(=O)C(C)(C)F)C(=O)O. The molecule has 10 nitrogen and oxygen atoms in total. The highest BCUT2D eigenvalue weighted by Crippen LogP contribution is 2.46. The number of carbonyl (C=O) groups excluding carboxylic acids is 3. The van der Waals surface area contributed by atoms with Gasteiger partial charge in [-0.3, -0.25) is 14.4 Å². The lowest BCUT2D eigenvalue weighted by atomic mass is 9.79. The first-order valence-corrected chi connectivity index (χ1v) is 13.5. The average Bonchev–Trinajstić information content (AvgIpc) is 3.45. The lowest BCUT2D eigenvalue weighted by molar-refractivity contribution is -0.144. The Kier molecular flexibility index (Phi) is 7.44. The van der Waals surface area contributed by atoms with E-state index in [9.17, 15) is 28.7 Å². The van der Waals surface area contributed by atoms with Gasteiger partial charge in [0.1, 0.15) is 12.4 Å². The molecule has 218 valence electrons. The number of carbonyl (C=O) groups is 4. The van der Waals surface area contributed by atoms with E-state index in [0.29, 0.717) is 35.5 Å². The van der Waals surface area contributed by atoms with Gasteiger partial charge in [-0.2, -0.15) is 0 Å². The summed E-state index contributed by atoms with van der Waals surface area (Å²) in [5.41, 5.74) is 1.54. The van der Waals surface area contributed by atoms with Crippen LogP contribution in [0.25, 0.3) is 0 Å². The second kappa shape index (κ2) is 10.9. The van der Waals surface area contributed by atoms with Crippen molar-refractivity contribution in [2.24, 2.45) is 0 Å². The zero-order chi connectivity index (χ0) is 30.2. The summed E-state index contributed by atoms with van der Waals surface area (Å²) < 4.78 is 14.8. The van der Waals surface area contributed by atoms with Crippen LogP contribution in [0, 0.1) is 0 Å². The highest BCUT2D eigenvalue weighted by molar-refractivity contribution is 6.06. The zero-order valence-corrected chi connectivity index (χ0v) is 23.6. The number of halogens is 1. The van der Waals surface area contributed by atoms with Crippen molar-refractivity contribution >= 4 is 35.3 Å². The predicted molar refractivity (Wildman–Crippen MR) is 154 cm³/mol. The van der Waals surface area contributed by atoms with Gasteiger partial charge in [0, 0.05) is 37.6 Å². The Morgan fingerprint density at radius 3 is 2.43 bits per heavy atom. The highest BCUT2D eigenvalue weighted by Gasteiger charge is 2.51. The van der Waals surface area contributed by atoms with Gasteiger partial charge in [0.05, 0.1) is 5.41 Å². The number of benzene rings is 2. The Hall–Kier alpha value is -4.80. The average molecular weight is 574 g/mol. The number of pyridine rings is 1. The van der Waals surface area contributed by atoms with Crippen molar-refractivity contribution < 1.29 is 28.7 Å². The number of hydrogen-bond acceptors (Lipinski definition) is 5. The standard InChI is InChI=1S/C31H32FN5O5/c1-30(2,32)28(40)37(17-21-8-5-4-7-20(21)16-36(3)29(41)42)18-25(38)34-23-11-10-19-14-31(15-22(19)13-23)24-9-6-12-33-26(24)35-27(31)39/h4-13H,14-18H2,1-3H3,(H,34,38)(H,41,42)(H,33,35,39). The lowest BCUT2D eigenvalue weighted by Gasteiger charge is -2.28. The van der Waals surface area contributed by atoms with Gasteiger partial charge < -0.3 is 25.5 Å². The number of rotatable bonds is 8. The van der Waals surface area contributed by atoms with E-state index in [1.54, 1.807) is 36.5 Å². The first-order valence-electron chi connectivity index (χ1n) is 13.5. The van der Waals surface area contributed by atoms with Crippen molar-refractivity contribution in [2.75, 3.05) is 24.2 Å². The molecule has 0 saturated heterocycles. The highest BCUT2D eigenvalue weighted by atomic mass is 19.1. The second-order valence-electron chi connectivity index (χ2n) is 11.4. The number of hydrogen-bond donors (Lipinski definition) is 3. The number of alkyl halides is 1. The molecular formula is C31H32FN5O5. The third-order valence-electron chi connectivity index (χ3n) is 7.81. The van der Waals surface area contributed by atoms with Crippen LogP contribution in [0.2, 0.25) is 0 Å². The van der Waals surface area contributed by atoms with Crippen LogP contribution in [0.1, 0.15) is 41.7 Å². The molecule has 1 spiro atoms. The minimum atomic E-state index is -2.23. The molecule has 1 unspecified atom stereocenters. The van der Waals surface area contributed by atoms with E-state index in [0.717, 1.165) is 40.3 Å². The first-order chi connectivity index (χ1) is 19.9. The van der Waals surface area contributed by atoms with E-state index in [4.69, 9.17) is 0 Å². The maximum Gasteiger partial charge on any atom is 0.407 e. The van der Waals surface area contributed by atoms with Crippen LogP contribution in [-0.4, -0.2) is 63.0 Å². The molecule has 1 aliphatic carbocycles. The summed E-state index contributed by atoms with van der Waals surface area (Å²) in [6.45, 7) is 1.82. The molecule has 0 fully saturated rings. The summed E-state index contributed by atoms with van der Waals surface area (Å²) >= 11 is 0. The van der Waals surface area contributed by atoms with Crippen molar-refractivity contribution in [3.8, 4) is 0 Å². The molecule has 5 rings (SSSR count). The Morgan fingerprint density at radius 2 is 1.74 bits per heavy atom. The molecule has 3 aromatic rings. The van der Waals surface area contributed by atoms with Crippen LogP contribution < -0.4 is 10.6 Å². The number of carboxylic acid groups (broad SMARTS) is 1.